The number of hydrogen-bond donors (Lipinski definition) is 2. The zero-order chi connectivity index (χ0) is 18.4. The van der Waals surface area contributed by atoms with Crippen molar-refractivity contribution in [2.45, 2.75) is 23.0 Å². The van der Waals surface area contributed by atoms with Gasteiger partial charge in [0, 0.05) is 16.6 Å². The largest absolute Gasteiger partial charge is 0.341 e. The van der Waals surface area contributed by atoms with E-state index in [-0.39, 0.29) is 23.6 Å². The number of thioether (sulfide) groups is 1. The van der Waals surface area contributed by atoms with Crippen molar-refractivity contribution in [3.8, 4) is 6.07 Å². The molecule has 0 aliphatic heterocycles. The lowest BCUT2D eigenvalue weighted by Gasteiger charge is -2.18. The maximum absolute atomic E-state index is 12.6. The Bertz CT molecular complexity index is 820. The van der Waals surface area contributed by atoms with Gasteiger partial charge in [0.1, 0.15) is 12.1 Å². The third-order valence-corrected chi connectivity index (χ3v) is 5.77. The third kappa shape index (κ3) is 4.06. The molecule has 5 nitrogen and oxygen atoms in total. The Balaban J connectivity index is 1.69. The Hall–Kier alpha value is -2.78. The molecule has 0 bridgehead atoms. The first-order chi connectivity index (χ1) is 12.7. The molecule has 0 saturated heterocycles. The van der Waals surface area contributed by atoms with Crippen molar-refractivity contribution in [2.24, 2.45) is 0 Å². The molecule has 26 heavy (non-hydrogen) atoms. The van der Waals surface area contributed by atoms with Crippen LogP contribution in [-0.4, -0.2) is 29.1 Å². The van der Waals surface area contributed by atoms with Crippen molar-refractivity contribution in [1.29, 1.82) is 5.26 Å². The molecule has 3 rings (SSSR count). The number of nitrogens with one attached hydrogen (secondary N) is 2. The van der Waals surface area contributed by atoms with Crippen LogP contribution in [0.4, 0.5) is 0 Å². The van der Waals surface area contributed by atoms with Gasteiger partial charge in [0.05, 0.1) is 6.07 Å². The molecule has 0 aromatic heterocycles. The van der Waals surface area contributed by atoms with Crippen LogP contribution in [0, 0.1) is 11.3 Å². The van der Waals surface area contributed by atoms with E-state index in [1.54, 1.807) is 36.0 Å². The molecule has 1 saturated carbocycles. The van der Waals surface area contributed by atoms with Gasteiger partial charge < -0.3 is 10.6 Å². The van der Waals surface area contributed by atoms with Crippen LogP contribution >= 0.6 is 11.8 Å². The Labute approximate surface area is 156 Å². The minimum Gasteiger partial charge on any atom is -0.341 e. The van der Waals surface area contributed by atoms with Crippen molar-refractivity contribution in [3.05, 3.63) is 71.8 Å². The van der Waals surface area contributed by atoms with E-state index in [1.807, 2.05) is 42.5 Å². The Kier molecular flexibility index (Phi) is 5.59. The molecule has 2 amide bonds. The molecule has 1 aliphatic rings. The van der Waals surface area contributed by atoms with E-state index in [1.165, 1.54) is 5.56 Å². The molecule has 0 spiro atoms. The number of carbonyl (C=O) groups is 2. The lowest BCUT2D eigenvalue weighted by Crippen LogP contribution is -2.51. The maximum atomic E-state index is 12.6. The summed E-state index contributed by atoms with van der Waals surface area (Å²) in [6, 6.07) is 20.7. The second kappa shape index (κ2) is 8.07. The van der Waals surface area contributed by atoms with Gasteiger partial charge in [-0.1, -0.05) is 48.5 Å². The smallest absolute Gasteiger partial charge is 0.252 e. The third-order valence-electron chi connectivity index (χ3n) is 4.30. The lowest BCUT2D eigenvalue weighted by atomic mass is 10.1. The topological polar surface area (TPSA) is 82.0 Å². The average molecular weight is 365 g/mol. The fourth-order valence-electron chi connectivity index (χ4n) is 2.77. The first-order valence-electron chi connectivity index (χ1n) is 8.34. The summed E-state index contributed by atoms with van der Waals surface area (Å²) in [6.45, 7) is -0.0716. The van der Waals surface area contributed by atoms with E-state index in [2.05, 4.69) is 10.6 Å². The van der Waals surface area contributed by atoms with E-state index in [9.17, 15) is 9.59 Å². The van der Waals surface area contributed by atoms with E-state index in [4.69, 9.17) is 5.26 Å². The van der Waals surface area contributed by atoms with Crippen LogP contribution in [0.5, 0.6) is 0 Å². The zero-order valence-electron chi connectivity index (χ0n) is 14.1. The summed E-state index contributed by atoms with van der Waals surface area (Å²) in [5.74, 6) is 0.189. The van der Waals surface area contributed by atoms with E-state index < -0.39 is 5.54 Å². The molecule has 0 heterocycles. The minimum atomic E-state index is -0.955. The van der Waals surface area contributed by atoms with Crippen LogP contribution in [0.15, 0.2) is 60.7 Å². The average Bonchev–Trinajstić information content (AvgIpc) is 3.39. The highest BCUT2D eigenvalue weighted by atomic mass is 32.2. The van der Waals surface area contributed by atoms with Gasteiger partial charge in [-0.15, -0.1) is 0 Å². The summed E-state index contributed by atoms with van der Waals surface area (Å²) >= 11 is 1.64. The highest BCUT2D eigenvalue weighted by Crippen LogP contribution is 2.47. The van der Waals surface area contributed by atoms with Crippen LogP contribution in [0.25, 0.3) is 0 Å². The second-order valence-electron chi connectivity index (χ2n) is 6.12. The molecular weight excluding hydrogens is 346 g/mol. The molecule has 2 N–H and O–H groups in total. The molecule has 0 radical (unpaired) electrons. The fourth-order valence-corrected chi connectivity index (χ4v) is 4.19. The molecule has 2 aromatic carbocycles. The SMILES string of the molecule is N#CCNC(=O)C1(NC(=O)c2ccccc2)CC1SCc1ccccc1. The molecule has 2 aromatic rings. The second-order valence-corrected chi connectivity index (χ2v) is 7.31. The van der Waals surface area contributed by atoms with Crippen molar-refractivity contribution >= 4 is 23.6 Å². The van der Waals surface area contributed by atoms with Gasteiger partial charge in [-0.05, 0) is 24.1 Å². The van der Waals surface area contributed by atoms with Crippen LogP contribution in [0.2, 0.25) is 0 Å². The first-order valence-corrected chi connectivity index (χ1v) is 9.39. The van der Waals surface area contributed by atoms with Gasteiger partial charge >= 0.3 is 0 Å². The number of amides is 2. The fraction of sp³-hybridized carbons (Fsp3) is 0.250. The highest BCUT2D eigenvalue weighted by Gasteiger charge is 2.61. The molecule has 132 valence electrons. The quantitative estimate of drug-likeness (QED) is 0.739. The Morgan fingerprint density at radius 3 is 2.42 bits per heavy atom. The summed E-state index contributed by atoms with van der Waals surface area (Å²) in [5, 5.41) is 14.2. The van der Waals surface area contributed by atoms with Gasteiger partial charge in [-0.2, -0.15) is 17.0 Å². The number of hydrogen-bond acceptors (Lipinski definition) is 4. The summed E-state index contributed by atoms with van der Waals surface area (Å²) < 4.78 is 0. The Morgan fingerprint density at radius 2 is 1.77 bits per heavy atom. The van der Waals surface area contributed by atoms with Crippen molar-refractivity contribution in [1.82, 2.24) is 10.6 Å². The summed E-state index contributed by atoms with van der Waals surface area (Å²) in [6.07, 6.45) is 0.556. The maximum Gasteiger partial charge on any atom is 0.252 e. The monoisotopic (exact) mass is 365 g/mol. The van der Waals surface area contributed by atoms with Crippen molar-refractivity contribution in [2.75, 3.05) is 6.54 Å². The van der Waals surface area contributed by atoms with Gasteiger partial charge in [0.2, 0.25) is 5.91 Å². The number of nitrogens with zero attached hydrogens (tertiary/aromatic N) is 1. The van der Waals surface area contributed by atoms with E-state index in [0.29, 0.717) is 12.0 Å². The van der Waals surface area contributed by atoms with Crippen molar-refractivity contribution in [3.63, 3.8) is 0 Å². The molecule has 6 heteroatoms. The number of benzene rings is 2. The van der Waals surface area contributed by atoms with Gasteiger partial charge in [0.25, 0.3) is 5.91 Å². The number of carbonyl (C=O) groups excluding carboxylic acids is 2. The highest BCUT2D eigenvalue weighted by molar-refractivity contribution is 7.99. The number of rotatable bonds is 7. The zero-order valence-corrected chi connectivity index (χ0v) is 15.0. The van der Waals surface area contributed by atoms with Gasteiger partial charge in [0.15, 0.2) is 0 Å². The lowest BCUT2D eigenvalue weighted by molar-refractivity contribution is -0.123. The van der Waals surface area contributed by atoms with Crippen LogP contribution in [-0.2, 0) is 10.5 Å². The van der Waals surface area contributed by atoms with Crippen LogP contribution < -0.4 is 10.6 Å². The predicted molar refractivity (Wildman–Crippen MR) is 101 cm³/mol. The molecule has 1 fully saturated rings. The normalized spacial score (nSPS) is 20.7. The van der Waals surface area contributed by atoms with Gasteiger partial charge in [-0.25, -0.2) is 0 Å². The molecule has 2 unspecified atom stereocenters. The van der Waals surface area contributed by atoms with E-state index >= 15 is 0 Å². The molecule has 1 aliphatic carbocycles. The minimum absolute atomic E-state index is 0.0194. The summed E-state index contributed by atoms with van der Waals surface area (Å²) in [7, 11) is 0. The van der Waals surface area contributed by atoms with E-state index in [0.717, 1.165) is 5.75 Å². The van der Waals surface area contributed by atoms with Crippen LogP contribution in [0.3, 0.4) is 0 Å². The van der Waals surface area contributed by atoms with Gasteiger partial charge in [-0.3, -0.25) is 9.59 Å². The first kappa shape index (κ1) is 18.0. The molecular formula is C20H19N3O2S. The standard InChI is InChI=1S/C20H19N3O2S/c21-11-12-22-19(25)20(23-18(24)16-9-5-2-6-10-16)13-17(20)26-14-15-7-3-1-4-8-15/h1-10,17H,12-14H2,(H,22,25)(H,23,24). The summed E-state index contributed by atoms with van der Waals surface area (Å²) in [4.78, 5) is 25.1. The van der Waals surface area contributed by atoms with Crippen LogP contribution in [0.1, 0.15) is 22.3 Å². The summed E-state index contributed by atoms with van der Waals surface area (Å²) in [5.41, 5.74) is 0.729. The number of nitriles is 1. The van der Waals surface area contributed by atoms with Crippen molar-refractivity contribution < 1.29 is 9.59 Å². The predicted octanol–water partition coefficient (Wildman–Crippen LogP) is 2.50. The Morgan fingerprint density at radius 1 is 1.12 bits per heavy atom. The molecule has 2 atom stereocenters.